The lowest BCUT2D eigenvalue weighted by Gasteiger charge is -2.27. The van der Waals surface area contributed by atoms with Gasteiger partial charge in [-0.1, -0.05) is 12.1 Å². The van der Waals surface area contributed by atoms with Gasteiger partial charge >= 0.3 is 5.97 Å². The van der Waals surface area contributed by atoms with E-state index in [1.165, 1.54) is 12.7 Å². The van der Waals surface area contributed by atoms with Gasteiger partial charge in [-0.2, -0.15) is 0 Å². The lowest BCUT2D eigenvalue weighted by molar-refractivity contribution is -0.140. The number of nitrogen functional groups attached to an aromatic ring is 1. The number of carbonyl (C=O) groups excluding carboxylic acids is 1. The molecule has 4 nitrogen and oxygen atoms in total. The Labute approximate surface area is 101 Å². The van der Waals surface area contributed by atoms with Crippen LogP contribution in [-0.4, -0.2) is 25.7 Å². The fraction of sp³-hybridized carbons (Fsp3) is 0.462. The Bertz CT molecular complexity index is 431. The number of anilines is 2. The highest BCUT2D eigenvalue weighted by atomic mass is 16.5. The first-order valence-corrected chi connectivity index (χ1v) is 5.84. The summed E-state index contributed by atoms with van der Waals surface area (Å²) in [5, 5.41) is 0. The molecule has 1 heterocycles. The van der Waals surface area contributed by atoms with E-state index in [0.29, 0.717) is 6.42 Å². The number of benzene rings is 1. The molecule has 1 aromatic rings. The van der Waals surface area contributed by atoms with Crippen molar-refractivity contribution in [3.63, 3.8) is 0 Å². The molecule has 0 aromatic heterocycles. The van der Waals surface area contributed by atoms with Crippen LogP contribution in [0.3, 0.4) is 0 Å². The van der Waals surface area contributed by atoms with Crippen molar-refractivity contribution in [2.45, 2.75) is 25.8 Å². The van der Waals surface area contributed by atoms with Crippen LogP contribution in [0.25, 0.3) is 0 Å². The number of methoxy groups -OCH3 is 1. The lowest BCUT2D eigenvalue weighted by atomic mass is 10.1. The number of hydrogen-bond acceptors (Lipinski definition) is 4. The summed E-state index contributed by atoms with van der Waals surface area (Å²) in [6, 6.07) is 6.09. The van der Waals surface area contributed by atoms with E-state index in [1.54, 1.807) is 0 Å². The molecule has 0 bridgehead atoms. The average Bonchev–Trinajstić information content (AvgIpc) is 2.74. The largest absolute Gasteiger partial charge is 0.469 e. The maximum absolute atomic E-state index is 11.3. The van der Waals surface area contributed by atoms with Crippen molar-refractivity contribution in [3.8, 4) is 0 Å². The van der Waals surface area contributed by atoms with Crippen molar-refractivity contribution in [1.29, 1.82) is 0 Å². The highest BCUT2D eigenvalue weighted by molar-refractivity contribution is 5.76. The molecule has 92 valence electrons. The third-order valence-corrected chi connectivity index (χ3v) is 3.28. The normalized spacial score (nSPS) is 15.5. The summed E-state index contributed by atoms with van der Waals surface area (Å²) in [5.41, 5.74) is 9.15. The topological polar surface area (TPSA) is 55.6 Å². The second-order valence-electron chi connectivity index (χ2n) is 4.43. The molecule has 17 heavy (non-hydrogen) atoms. The fourth-order valence-electron chi connectivity index (χ4n) is 2.39. The van der Waals surface area contributed by atoms with Gasteiger partial charge in [-0.05, 0) is 25.0 Å². The molecule has 1 atom stereocenters. The number of esters is 1. The number of ether oxygens (including phenoxy) is 1. The number of nitrogens with zero attached hydrogens (tertiary/aromatic N) is 1. The smallest absolute Gasteiger partial charge is 0.307 e. The van der Waals surface area contributed by atoms with Gasteiger partial charge in [0.15, 0.2) is 0 Å². The van der Waals surface area contributed by atoms with Gasteiger partial charge in [-0.3, -0.25) is 4.79 Å². The Morgan fingerprint density at radius 1 is 1.59 bits per heavy atom. The van der Waals surface area contributed by atoms with Gasteiger partial charge in [0.25, 0.3) is 0 Å². The quantitative estimate of drug-likeness (QED) is 0.637. The molecule has 0 radical (unpaired) electrons. The van der Waals surface area contributed by atoms with E-state index in [-0.39, 0.29) is 12.0 Å². The number of para-hydroxylation sites is 1. The van der Waals surface area contributed by atoms with Crippen molar-refractivity contribution >= 4 is 17.3 Å². The molecule has 0 amide bonds. The summed E-state index contributed by atoms with van der Waals surface area (Å²) >= 11 is 0. The van der Waals surface area contributed by atoms with Crippen molar-refractivity contribution in [3.05, 3.63) is 23.8 Å². The summed E-state index contributed by atoms with van der Waals surface area (Å²) in [5.74, 6) is -0.180. The number of hydrogen-bond donors (Lipinski definition) is 1. The highest BCUT2D eigenvalue weighted by Gasteiger charge is 2.26. The van der Waals surface area contributed by atoms with E-state index in [1.807, 2.05) is 19.1 Å². The Hall–Kier alpha value is -1.71. The minimum Gasteiger partial charge on any atom is -0.469 e. The first-order chi connectivity index (χ1) is 8.13. The molecule has 0 spiro atoms. The van der Waals surface area contributed by atoms with Crippen molar-refractivity contribution in [2.75, 3.05) is 24.3 Å². The third-order valence-electron chi connectivity index (χ3n) is 3.28. The summed E-state index contributed by atoms with van der Waals surface area (Å²) in [6.45, 7) is 2.94. The van der Waals surface area contributed by atoms with Gasteiger partial charge in [0.1, 0.15) is 0 Å². The summed E-state index contributed by atoms with van der Waals surface area (Å²) in [6.07, 6.45) is 1.39. The standard InChI is InChI=1S/C13H18N2O2/c1-9(8-12(16)17-2)15-7-6-10-4-3-5-11(14)13(10)15/h3-5,9H,6-8,14H2,1-2H3. The lowest BCUT2D eigenvalue weighted by Crippen LogP contribution is -2.33. The number of fused-ring (bicyclic) bond motifs is 1. The predicted molar refractivity (Wildman–Crippen MR) is 68.0 cm³/mol. The van der Waals surface area contributed by atoms with Crippen LogP contribution >= 0.6 is 0 Å². The molecule has 1 aliphatic heterocycles. The van der Waals surface area contributed by atoms with E-state index in [2.05, 4.69) is 11.0 Å². The highest BCUT2D eigenvalue weighted by Crippen LogP contribution is 2.35. The van der Waals surface area contributed by atoms with Gasteiger partial charge in [-0.25, -0.2) is 0 Å². The van der Waals surface area contributed by atoms with Gasteiger partial charge in [0.05, 0.1) is 24.9 Å². The molecular weight excluding hydrogens is 216 g/mol. The maximum atomic E-state index is 11.3. The monoisotopic (exact) mass is 234 g/mol. The van der Waals surface area contributed by atoms with Gasteiger partial charge in [0.2, 0.25) is 0 Å². The molecule has 4 heteroatoms. The van der Waals surface area contributed by atoms with Gasteiger partial charge in [0, 0.05) is 12.6 Å². The first-order valence-electron chi connectivity index (χ1n) is 5.84. The van der Waals surface area contributed by atoms with E-state index in [0.717, 1.165) is 24.3 Å². The average molecular weight is 234 g/mol. The molecular formula is C13H18N2O2. The summed E-state index contributed by atoms with van der Waals surface area (Å²) in [7, 11) is 1.42. The Kier molecular flexibility index (Phi) is 3.22. The molecule has 0 saturated heterocycles. The van der Waals surface area contributed by atoms with Crippen LogP contribution in [0.2, 0.25) is 0 Å². The van der Waals surface area contributed by atoms with E-state index >= 15 is 0 Å². The molecule has 1 aromatic carbocycles. The molecule has 0 aliphatic carbocycles. The van der Waals surface area contributed by atoms with Gasteiger partial charge < -0.3 is 15.4 Å². The van der Waals surface area contributed by atoms with E-state index < -0.39 is 0 Å². The first kappa shape index (κ1) is 11.8. The third kappa shape index (κ3) is 2.20. The zero-order valence-corrected chi connectivity index (χ0v) is 10.3. The number of rotatable bonds is 3. The molecule has 0 fully saturated rings. The van der Waals surface area contributed by atoms with Crippen molar-refractivity contribution in [1.82, 2.24) is 0 Å². The van der Waals surface area contributed by atoms with Crippen molar-refractivity contribution in [2.24, 2.45) is 0 Å². The zero-order valence-electron chi connectivity index (χ0n) is 10.3. The Morgan fingerprint density at radius 3 is 3.06 bits per heavy atom. The van der Waals surface area contributed by atoms with E-state index in [4.69, 9.17) is 10.5 Å². The van der Waals surface area contributed by atoms with Crippen LogP contribution < -0.4 is 10.6 Å². The number of carbonyl (C=O) groups is 1. The maximum Gasteiger partial charge on any atom is 0.307 e. The second kappa shape index (κ2) is 4.65. The minimum atomic E-state index is -0.180. The summed E-state index contributed by atoms with van der Waals surface area (Å²) in [4.78, 5) is 13.5. The second-order valence-corrected chi connectivity index (χ2v) is 4.43. The van der Waals surface area contributed by atoms with Crippen LogP contribution in [0, 0.1) is 0 Å². The zero-order chi connectivity index (χ0) is 12.4. The Morgan fingerprint density at radius 2 is 2.35 bits per heavy atom. The van der Waals surface area contributed by atoms with Gasteiger partial charge in [-0.15, -0.1) is 0 Å². The van der Waals surface area contributed by atoms with E-state index in [9.17, 15) is 4.79 Å². The molecule has 1 unspecified atom stereocenters. The Balaban J connectivity index is 2.19. The van der Waals surface area contributed by atoms with Crippen LogP contribution in [0.4, 0.5) is 11.4 Å². The molecule has 2 rings (SSSR count). The molecule has 0 saturated carbocycles. The SMILES string of the molecule is COC(=O)CC(C)N1CCc2cccc(N)c21. The number of nitrogens with two attached hydrogens (primary N) is 1. The molecule has 1 aliphatic rings. The van der Waals surface area contributed by atoms with Crippen LogP contribution in [0.5, 0.6) is 0 Å². The van der Waals surface area contributed by atoms with Crippen LogP contribution in [0.15, 0.2) is 18.2 Å². The fourth-order valence-corrected chi connectivity index (χ4v) is 2.39. The minimum absolute atomic E-state index is 0.119. The predicted octanol–water partition coefficient (Wildman–Crippen LogP) is 1.58. The molecule has 2 N–H and O–H groups in total. The van der Waals surface area contributed by atoms with Crippen LogP contribution in [0.1, 0.15) is 18.9 Å². The summed E-state index contributed by atoms with van der Waals surface area (Å²) < 4.78 is 4.70. The van der Waals surface area contributed by atoms with Crippen molar-refractivity contribution < 1.29 is 9.53 Å². The van der Waals surface area contributed by atoms with Crippen LogP contribution in [-0.2, 0) is 16.0 Å².